The predicted molar refractivity (Wildman–Crippen MR) is 121 cm³/mol. The summed E-state index contributed by atoms with van der Waals surface area (Å²) in [5, 5.41) is 2.27. The molecule has 4 rings (SSSR count). The Morgan fingerprint density at radius 3 is 2.59 bits per heavy atom. The number of H-pyrrole nitrogens is 2. The maximum Gasteiger partial charge on any atom is 0.250 e. The number of carbonyl (C=O) groups excluding carboxylic acids is 1. The number of carbonyl (C=O) groups is 1. The smallest absolute Gasteiger partial charge is 0.250 e. The van der Waals surface area contributed by atoms with Crippen molar-refractivity contribution in [2.75, 3.05) is 19.0 Å². The molecule has 5 heteroatoms. The quantitative estimate of drug-likeness (QED) is 0.447. The van der Waals surface area contributed by atoms with Crippen molar-refractivity contribution < 1.29 is 4.79 Å². The van der Waals surface area contributed by atoms with E-state index in [1.165, 1.54) is 16.6 Å². The molecular formula is C24H28N4O. The van der Waals surface area contributed by atoms with Crippen LogP contribution in [0.5, 0.6) is 0 Å². The number of primary amides is 1. The Balaban J connectivity index is 1.70. The lowest BCUT2D eigenvalue weighted by molar-refractivity contribution is 0.100. The zero-order valence-electron chi connectivity index (χ0n) is 17.5. The summed E-state index contributed by atoms with van der Waals surface area (Å²) in [6, 6.07) is 12.8. The van der Waals surface area contributed by atoms with E-state index in [4.69, 9.17) is 5.73 Å². The molecule has 0 aliphatic carbocycles. The molecule has 1 atom stereocenters. The van der Waals surface area contributed by atoms with Crippen molar-refractivity contribution in [3.63, 3.8) is 0 Å². The molecule has 2 aromatic carbocycles. The Kier molecular flexibility index (Phi) is 4.82. The average molecular weight is 389 g/mol. The molecule has 0 radical (unpaired) electrons. The van der Waals surface area contributed by atoms with Gasteiger partial charge in [0.05, 0.1) is 22.3 Å². The van der Waals surface area contributed by atoms with Crippen molar-refractivity contribution in [1.82, 2.24) is 9.97 Å². The molecule has 0 saturated heterocycles. The van der Waals surface area contributed by atoms with Gasteiger partial charge in [-0.25, -0.2) is 0 Å². The van der Waals surface area contributed by atoms with Crippen LogP contribution in [0.3, 0.4) is 0 Å². The maximum atomic E-state index is 11.9. The number of fused-ring (bicyclic) bond motifs is 2. The molecule has 2 aromatic heterocycles. The van der Waals surface area contributed by atoms with Crippen LogP contribution < -0.4 is 10.6 Å². The van der Waals surface area contributed by atoms with E-state index in [0.29, 0.717) is 11.5 Å². The zero-order valence-corrected chi connectivity index (χ0v) is 17.5. The van der Waals surface area contributed by atoms with Crippen LogP contribution in [0.15, 0.2) is 42.6 Å². The minimum Gasteiger partial charge on any atom is -0.376 e. The van der Waals surface area contributed by atoms with Crippen molar-refractivity contribution >= 4 is 33.4 Å². The van der Waals surface area contributed by atoms with Gasteiger partial charge < -0.3 is 20.6 Å². The van der Waals surface area contributed by atoms with Gasteiger partial charge in [-0.1, -0.05) is 13.8 Å². The number of hydrogen-bond donors (Lipinski definition) is 3. The van der Waals surface area contributed by atoms with Gasteiger partial charge in [-0.15, -0.1) is 0 Å². The topological polar surface area (TPSA) is 77.9 Å². The number of aromatic nitrogens is 2. The van der Waals surface area contributed by atoms with Gasteiger partial charge >= 0.3 is 0 Å². The standard InChI is InChI=1S/C24H28N4O/c1-5-15-9-18-12-19(27-22(18)20(10-15)24(25)29)8-14(2)17-11-16-6-7-26-23(16)21(13-17)28(3)4/h6-7,9-14,26-27H,5,8H2,1-4H3,(H2,25,29). The predicted octanol–water partition coefficient (Wildman–Crippen LogP) is 4.72. The van der Waals surface area contributed by atoms with Crippen LogP contribution in [0.4, 0.5) is 5.69 Å². The maximum absolute atomic E-state index is 11.9. The van der Waals surface area contributed by atoms with Crippen molar-refractivity contribution in [1.29, 1.82) is 0 Å². The molecule has 0 spiro atoms. The highest BCUT2D eigenvalue weighted by molar-refractivity contribution is 6.05. The van der Waals surface area contributed by atoms with Crippen LogP contribution in [0.2, 0.25) is 0 Å². The van der Waals surface area contributed by atoms with Gasteiger partial charge in [0.25, 0.3) is 5.91 Å². The number of amides is 1. The summed E-state index contributed by atoms with van der Waals surface area (Å²) >= 11 is 0. The van der Waals surface area contributed by atoms with Crippen molar-refractivity contribution in [2.24, 2.45) is 5.73 Å². The summed E-state index contributed by atoms with van der Waals surface area (Å²) in [7, 11) is 4.14. The van der Waals surface area contributed by atoms with Crippen LogP contribution in [0, 0.1) is 0 Å². The monoisotopic (exact) mass is 388 g/mol. The zero-order chi connectivity index (χ0) is 20.7. The Morgan fingerprint density at radius 2 is 1.90 bits per heavy atom. The second kappa shape index (κ2) is 7.32. The second-order valence-electron chi connectivity index (χ2n) is 8.10. The van der Waals surface area contributed by atoms with Gasteiger partial charge in [0.1, 0.15) is 0 Å². The van der Waals surface area contributed by atoms with Crippen LogP contribution >= 0.6 is 0 Å². The highest BCUT2D eigenvalue weighted by Crippen LogP contribution is 2.32. The molecule has 150 valence electrons. The number of aryl methyl sites for hydroxylation is 1. The summed E-state index contributed by atoms with van der Waals surface area (Å²) in [5.74, 6) is -0.0657. The van der Waals surface area contributed by atoms with E-state index in [1.54, 1.807) is 0 Å². The first-order chi connectivity index (χ1) is 13.9. The SMILES string of the molecule is CCc1cc(C(N)=O)c2[nH]c(CC(C)c3cc(N(C)C)c4[nH]ccc4c3)cc2c1. The normalized spacial score (nSPS) is 12.6. The van der Waals surface area contributed by atoms with E-state index in [9.17, 15) is 4.79 Å². The lowest BCUT2D eigenvalue weighted by Crippen LogP contribution is -2.12. The minimum atomic E-state index is -0.389. The molecule has 2 heterocycles. The second-order valence-corrected chi connectivity index (χ2v) is 8.10. The van der Waals surface area contributed by atoms with E-state index in [-0.39, 0.29) is 5.91 Å². The molecule has 0 bridgehead atoms. The third-order valence-electron chi connectivity index (χ3n) is 5.76. The van der Waals surface area contributed by atoms with Gasteiger partial charge in [0.2, 0.25) is 0 Å². The summed E-state index contributed by atoms with van der Waals surface area (Å²) in [4.78, 5) is 20.9. The summed E-state index contributed by atoms with van der Waals surface area (Å²) in [5.41, 5.74) is 12.9. The molecule has 0 aliphatic rings. The number of hydrogen-bond acceptors (Lipinski definition) is 2. The van der Waals surface area contributed by atoms with Crippen molar-refractivity contribution in [2.45, 2.75) is 32.6 Å². The van der Waals surface area contributed by atoms with Gasteiger partial charge in [-0.2, -0.15) is 0 Å². The van der Waals surface area contributed by atoms with Gasteiger partial charge in [0, 0.05) is 36.8 Å². The van der Waals surface area contributed by atoms with Gasteiger partial charge in [0.15, 0.2) is 0 Å². The Bertz CT molecular complexity index is 1200. The van der Waals surface area contributed by atoms with E-state index < -0.39 is 0 Å². The van der Waals surface area contributed by atoms with E-state index in [0.717, 1.165) is 40.5 Å². The van der Waals surface area contributed by atoms with Crippen LogP contribution in [0.25, 0.3) is 21.8 Å². The summed E-state index contributed by atoms with van der Waals surface area (Å²) < 4.78 is 0. The van der Waals surface area contributed by atoms with Gasteiger partial charge in [-0.05, 0) is 66.3 Å². The fourth-order valence-electron chi connectivity index (χ4n) is 4.13. The largest absolute Gasteiger partial charge is 0.376 e. The number of aromatic amines is 2. The fourth-order valence-corrected chi connectivity index (χ4v) is 4.13. The molecule has 0 saturated carbocycles. The van der Waals surface area contributed by atoms with E-state index >= 15 is 0 Å². The van der Waals surface area contributed by atoms with Gasteiger partial charge in [-0.3, -0.25) is 4.79 Å². The molecule has 1 unspecified atom stereocenters. The Labute approximate surface area is 170 Å². The number of benzene rings is 2. The summed E-state index contributed by atoms with van der Waals surface area (Å²) in [6.07, 6.45) is 3.72. The number of nitrogens with one attached hydrogen (secondary N) is 2. The van der Waals surface area contributed by atoms with Crippen LogP contribution in [0.1, 0.15) is 46.9 Å². The molecule has 5 nitrogen and oxygen atoms in total. The molecule has 0 fully saturated rings. The first-order valence-corrected chi connectivity index (χ1v) is 10.1. The molecule has 4 aromatic rings. The molecular weight excluding hydrogens is 360 g/mol. The van der Waals surface area contributed by atoms with Crippen molar-refractivity contribution in [3.8, 4) is 0 Å². The minimum absolute atomic E-state index is 0.323. The molecule has 1 amide bonds. The first kappa shape index (κ1) is 19.1. The molecule has 29 heavy (non-hydrogen) atoms. The Hall–Kier alpha value is -3.21. The highest BCUT2D eigenvalue weighted by atomic mass is 16.1. The fraction of sp³-hybridized carbons (Fsp3) is 0.292. The third-order valence-corrected chi connectivity index (χ3v) is 5.76. The highest BCUT2D eigenvalue weighted by Gasteiger charge is 2.16. The number of nitrogens with zero attached hydrogens (tertiary/aromatic N) is 1. The summed E-state index contributed by atoms with van der Waals surface area (Å²) in [6.45, 7) is 4.33. The van der Waals surface area contributed by atoms with E-state index in [2.05, 4.69) is 73.1 Å². The first-order valence-electron chi connectivity index (χ1n) is 10.1. The third kappa shape index (κ3) is 3.48. The molecule has 0 aliphatic heterocycles. The molecule has 4 N–H and O–H groups in total. The lowest BCUT2D eigenvalue weighted by Gasteiger charge is -2.18. The van der Waals surface area contributed by atoms with Crippen molar-refractivity contribution in [3.05, 3.63) is 65.0 Å². The van der Waals surface area contributed by atoms with Crippen LogP contribution in [-0.4, -0.2) is 30.0 Å². The number of nitrogens with two attached hydrogens (primary N) is 1. The number of rotatable bonds is 6. The van der Waals surface area contributed by atoms with Crippen LogP contribution in [-0.2, 0) is 12.8 Å². The van der Waals surface area contributed by atoms with E-state index in [1.807, 2.05) is 12.3 Å². The average Bonchev–Trinajstić information content (AvgIpc) is 3.31. The Morgan fingerprint density at radius 1 is 1.10 bits per heavy atom. The number of anilines is 1. The lowest BCUT2D eigenvalue weighted by atomic mass is 9.94.